The molecule has 3 aliphatic rings. The highest BCUT2D eigenvalue weighted by molar-refractivity contribution is 6.00. The topological polar surface area (TPSA) is 52.7 Å². The predicted molar refractivity (Wildman–Crippen MR) is 163 cm³/mol. The average Bonchev–Trinajstić information content (AvgIpc) is 3.46. The van der Waals surface area contributed by atoms with Crippen LogP contribution in [0.2, 0.25) is 0 Å². The van der Waals surface area contributed by atoms with Crippen molar-refractivity contribution >= 4 is 24.2 Å². The zero-order chi connectivity index (χ0) is 29.3. The summed E-state index contributed by atoms with van der Waals surface area (Å²) in [5.74, 6) is -0.0643. The second-order valence-corrected chi connectivity index (χ2v) is 11.9. The first-order chi connectivity index (χ1) is 20.3. The van der Waals surface area contributed by atoms with E-state index in [1.165, 1.54) is 0 Å². The number of amides is 2. The van der Waals surface area contributed by atoms with Crippen LogP contribution in [0.4, 0.5) is 13.2 Å². The largest absolute Gasteiger partial charge is 0.405 e. The number of carbonyl (C=O) groups excluding carboxylic acids is 2. The second kappa shape index (κ2) is 12.7. The summed E-state index contributed by atoms with van der Waals surface area (Å²) < 4.78 is 39.4. The third-order valence-corrected chi connectivity index (χ3v) is 9.15. The molecule has 0 saturated carbocycles. The molecule has 2 aliphatic heterocycles. The lowest BCUT2D eigenvalue weighted by atomic mass is 9.73. The van der Waals surface area contributed by atoms with Crippen molar-refractivity contribution in [2.45, 2.75) is 50.2 Å². The van der Waals surface area contributed by atoms with E-state index in [4.69, 9.17) is 0 Å². The van der Waals surface area contributed by atoms with E-state index in [0.29, 0.717) is 25.3 Å². The number of rotatable bonds is 9. The van der Waals surface area contributed by atoms with Gasteiger partial charge in [-0.25, -0.2) is 0 Å². The molecule has 0 bridgehead atoms. The Kier molecular flexibility index (Phi) is 9.18. The summed E-state index contributed by atoms with van der Waals surface area (Å²) in [7, 11) is 0. The molecule has 0 aromatic heterocycles. The molecule has 1 N–H and O–H groups in total. The maximum atomic E-state index is 13.7. The second-order valence-electron chi connectivity index (χ2n) is 11.9. The van der Waals surface area contributed by atoms with Crippen LogP contribution in [0.25, 0.3) is 11.1 Å². The first-order valence-corrected chi connectivity index (χ1v) is 14.9. The van der Waals surface area contributed by atoms with Gasteiger partial charge in [-0.05, 0) is 78.6 Å². The van der Waals surface area contributed by atoms with E-state index in [9.17, 15) is 22.8 Å². The lowest BCUT2D eigenvalue weighted by molar-refractivity contribution is -0.141. The minimum Gasteiger partial charge on any atom is -0.346 e. The highest BCUT2D eigenvalue weighted by Gasteiger charge is 2.49. The Labute approximate surface area is 256 Å². The van der Waals surface area contributed by atoms with Crippen molar-refractivity contribution in [3.63, 3.8) is 0 Å². The number of hydrogen-bond acceptors (Lipinski definition) is 3. The van der Waals surface area contributed by atoms with Crippen LogP contribution in [0.15, 0.2) is 72.8 Å². The van der Waals surface area contributed by atoms with Gasteiger partial charge in [-0.15, -0.1) is 12.4 Å². The maximum Gasteiger partial charge on any atom is 0.405 e. The summed E-state index contributed by atoms with van der Waals surface area (Å²) in [5, 5.41) is 2.22. The summed E-state index contributed by atoms with van der Waals surface area (Å²) in [4.78, 5) is 31.0. The Balaban J connectivity index is 0.00000368. The predicted octanol–water partition coefficient (Wildman–Crippen LogP) is 6.59. The van der Waals surface area contributed by atoms with E-state index < -0.39 is 24.0 Å². The molecule has 2 amide bonds. The molecule has 0 spiro atoms. The quantitative estimate of drug-likeness (QED) is 0.278. The van der Waals surface area contributed by atoms with Crippen LogP contribution < -0.4 is 5.32 Å². The monoisotopic (exact) mass is 611 g/mol. The van der Waals surface area contributed by atoms with Crippen molar-refractivity contribution < 1.29 is 22.8 Å². The van der Waals surface area contributed by atoms with E-state index in [2.05, 4.69) is 10.2 Å². The van der Waals surface area contributed by atoms with Gasteiger partial charge < -0.3 is 15.1 Å². The molecule has 0 radical (unpaired) electrons. The number of alkyl halides is 3. The van der Waals surface area contributed by atoms with Crippen LogP contribution in [0.5, 0.6) is 0 Å². The number of nitrogens with zero attached hydrogens (tertiary/aromatic N) is 2. The number of fused-ring (bicyclic) bond motifs is 4. The summed E-state index contributed by atoms with van der Waals surface area (Å²) in [5.41, 5.74) is 4.13. The van der Waals surface area contributed by atoms with Gasteiger partial charge in [-0.2, -0.15) is 13.2 Å². The fourth-order valence-electron chi connectivity index (χ4n) is 7.29. The van der Waals surface area contributed by atoms with Crippen molar-refractivity contribution in [1.82, 2.24) is 15.1 Å². The molecule has 1 atom stereocenters. The van der Waals surface area contributed by atoms with Crippen molar-refractivity contribution in [3.8, 4) is 11.1 Å². The summed E-state index contributed by atoms with van der Waals surface area (Å²) >= 11 is 0. The number of unbranched alkanes of at least 4 members (excludes halogenated alkanes) is 1. The molecule has 3 aromatic carbocycles. The zero-order valence-corrected chi connectivity index (χ0v) is 24.9. The lowest BCUT2D eigenvalue weighted by Gasteiger charge is -2.35. The Morgan fingerprint density at radius 2 is 1.53 bits per heavy atom. The van der Waals surface area contributed by atoms with Crippen molar-refractivity contribution in [1.29, 1.82) is 0 Å². The number of piperidine rings is 1. The molecule has 1 saturated heterocycles. The first-order valence-electron chi connectivity index (χ1n) is 14.9. The first kappa shape index (κ1) is 31.1. The number of nitrogens with one attached hydrogen (secondary N) is 1. The standard InChI is InChI=1S/C34H36F3N3O2.ClH/c35-34(36,37)23-38-32(42)33(29-15-5-3-13-27(29)28-14-4-6-16-30(28)33)17-7-8-18-39-19-9-10-24(20-39)21-40-22-25-11-1-2-12-26(25)31(40)41;/h1-6,11-16,24H,7-10,17-23H2,(H,38,42);1H. The molecule has 1 aliphatic carbocycles. The molecular formula is C34H37ClF3N3O2. The summed E-state index contributed by atoms with van der Waals surface area (Å²) in [6, 6.07) is 23.0. The number of halogens is 4. The van der Waals surface area contributed by atoms with Gasteiger partial charge in [-0.3, -0.25) is 9.59 Å². The highest BCUT2D eigenvalue weighted by Crippen LogP contribution is 2.51. The van der Waals surface area contributed by atoms with Gasteiger partial charge in [0.1, 0.15) is 12.0 Å². The van der Waals surface area contributed by atoms with Gasteiger partial charge in [0.05, 0.1) is 0 Å². The van der Waals surface area contributed by atoms with E-state index in [0.717, 1.165) is 78.8 Å². The van der Waals surface area contributed by atoms with Crippen LogP contribution in [0, 0.1) is 5.92 Å². The van der Waals surface area contributed by atoms with Gasteiger partial charge in [0.15, 0.2) is 0 Å². The van der Waals surface area contributed by atoms with Gasteiger partial charge in [0.2, 0.25) is 5.91 Å². The number of benzene rings is 3. The third-order valence-electron chi connectivity index (χ3n) is 9.15. The maximum absolute atomic E-state index is 13.7. The Morgan fingerprint density at radius 1 is 0.907 bits per heavy atom. The minimum atomic E-state index is -4.48. The number of hydrogen-bond donors (Lipinski definition) is 1. The molecule has 9 heteroatoms. The van der Waals surface area contributed by atoms with Crippen LogP contribution in [0.1, 0.15) is 59.2 Å². The SMILES string of the molecule is Cl.O=C1c2ccccc2CN1CC1CCCN(CCCCC2(C(=O)NCC(F)(F)F)c3ccccc3-c3ccccc32)C1. The fourth-order valence-corrected chi connectivity index (χ4v) is 7.29. The molecule has 1 fully saturated rings. The fraction of sp³-hybridized carbons (Fsp3) is 0.412. The lowest BCUT2D eigenvalue weighted by Crippen LogP contribution is -2.47. The third kappa shape index (κ3) is 6.18. The van der Waals surface area contributed by atoms with Gasteiger partial charge >= 0.3 is 6.18 Å². The van der Waals surface area contributed by atoms with E-state index in [-0.39, 0.29) is 18.3 Å². The molecule has 1 unspecified atom stereocenters. The summed E-state index contributed by atoms with van der Waals surface area (Å²) in [6.45, 7) is 2.84. The van der Waals surface area contributed by atoms with E-state index in [1.807, 2.05) is 77.7 Å². The van der Waals surface area contributed by atoms with Crippen molar-refractivity contribution in [2.75, 3.05) is 32.7 Å². The van der Waals surface area contributed by atoms with Gasteiger partial charge in [0.25, 0.3) is 5.91 Å². The zero-order valence-electron chi connectivity index (χ0n) is 24.0. The Morgan fingerprint density at radius 3 is 2.19 bits per heavy atom. The Hall–Kier alpha value is -3.36. The molecule has 6 rings (SSSR count). The van der Waals surface area contributed by atoms with Crippen molar-refractivity contribution in [3.05, 3.63) is 95.1 Å². The summed E-state index contributed by atoms with van der Waals surface area (Å²) in [6.07, 6.45) is -0.357. The normalized spacial score (nSPS) is 18.9. The average molecular weight is 612 g/mol. The number of likely N-dealkylation sites (tertiary alicyclic amines) is 1. The minimum absolute atomic E-state index is 0. The molecule has 43 heavy (non-hydrogen) atoms. The highest BCUT2D eigenvalue weighted by atomic mass is 35.5. The molecule has 5 nitrogen and oxygen atoms in total. The van der Waals surface area contributed by atoms with Crippen molar-refractivity contribution in [2.24, 2.45) is 5.92 Å². The van der Waals surface area contributed by atoms with E-state index in [1.54, 1.807) is 0 Å². The number of carbonyl (C=O) groups is 2. The van der Waals surface area contributed by atoms with E-state index >= 15 is 0 Å². The van der Waals surface area contributed by atoms with Crippen LogP contribution in [-0.4, -0.2) is 60.5 Å². The molecule has 2 heterocycles. The van der Waals surface area contributed by atoms with Crippen LogP contribution >= 0.6 is 12.4 Å². The van der Waals surface area contributed by atoms with Gasteiger partial charge in [-0.1, -0.05) is 73.2 Å². The van der Waals surface area contributed by atoms with Gasteiger partial charge in [0, 0.05) is 25.2 Å². The smallest absolute Gasteiger partial charge is 0.346 e. The van der Waals surface area contributed by atoms with Crippen LogP contribution in [-0.2, 0) is 16.8 Å². The molecule has 228 valence electrons. The molecular weight excluding hydrogens is 575 g/mol. The Bertz CT molecular complexity index is 1430. The van der Waals surface area contributed by atoms with Crippen LogP contribution in [0.3, 0.4) is 0 Å². The molecule has 3 aromatic rings.